The molecule has 1 rings (SSSR count). The summed E-state index contributed by atoms with van der Waals surface area (Å²) in [6.07, 6.45) is 6.08. The second-order valence-electron chi connectivity index (χ2n) is 4.19. The standard InChI is InChI=1S/C12H18O4/c1-9(12(14)15)8-11(13)16-10-6-4-2-3-5-7-10/h10H,1-8H2,(H,14,15). The van der Waals surface area contributed by atoms with Crippen LogP contribution in [0, 0.1) is 0 Å². The number of aliphatic carboxylic acids is 1. The highest BCUT2D eigenvalue weighted by Gasteiger charge is 2.18. The van der Waals surface area contributed by atoms with Crippen LogP contribution in [0.1, 0.15) is 44.9 Å². The first-order chi connectivity index (χ1) is 7.59. The highest BCUT2D eigenvalue weighted by atomic mass is 16.5. The molecule has 0 aliphatic heterocycles. The van der Waals surface area contributed by atoms with E-state index in [-0.39, 0.29) is 18.1 Å². The summed E-state index contributed by atoms with van der Waals surface area (Å²) in [5.41, 5.74) is -0.112. The Kier molecular flexibility index (Phi) is 5.02. The zero-order valence-electron chi connectivity index (χ0n) is 9.41. The maximum absolute atomic E-state index is 11.4. The first kappa shape index (κ1) is 12.7. The van der Waals surface area contributed by atoms with Crippen LogP contribution >= 0.6 is 0 Å². The van der Waals surface area contributed by atoms with Crippen molar-refractivity contribution in [2.45, 2.75) is 51.0 Å². The fourth-order valence-corrected chi connectivity index (χ4v) is 1.84. The van der Waals surface area contributed by atoms with Gasteiger partial charge < -0.3 is 9.84 Å². The molecule has 0 aromatic rings. The molecule has 4 heteroatoms. The van der Waals surface area contributed by atoms with Gasteiger partial charge in [-0.25, -0.2) is 4.79 Å². The van der Waals surface area contributed by atoms with E-state index in [4.69, 9.17) is 9.84 Å². The SMILES string of the molecule is C=C(CC(=O)OC1CCCCCC1)C(=O)O. The summed E-state index contributed by atoms with van der Waals surface area (Å²) < 4.78 is 5.23. The third-order valence-electron chi connectivity index (χ3n) is 2.76. The monoisotopic (exact) mass is 226 g/mol. The molecule has 1 saturated carbocycles. The van der Waals surface area contributed by atoms with Crippen LogP contribution in [0.3, 0.4) is 0 Å². The maximum atomic E-state index is 11.4. The lowest BCUT2D eigenvalue weighted by atomic mass is 10.1. The normalized spacial score (nSPS) is 17.5. The van der Waals surface area contributed by atoms with E-state index < -0.39 is 11.9 Å². The molecule has 0 saturated heterocycles. The molecule has 0 unspecified atom stereocenters. The second kappa shape index (κ2) is 6.30. The van der Waals surface area contributed by atoms with Crippen molar-refractivity contribution in [3.63, 3.8) is 0 Å². The molecule has 0 aromatic heterocycles. The van der Waals surface area contributed by atoms with E-state index in [9.17, 15) is 9.59 Å². The molecule has 90 valence electrons. The van der Waals surface area contributed by atoms with Crippen molar-refractivity contribution in [1.29, 1.82) is 0 Å². The van der Waals surface area contributed by atoms with Gasteiger partial charge in [0, 0.05) is 5.57 Å². The van der Waals surface area contributed by atoms with E-state index in [0.29, 0.717) is 0 Å². The van der Waals surface area contributed by atoms with E-state index in [0.717, 1.165) is 25.7 Å². The minimum Gasteiger partial charge on any atom is -0.478 e. The van der Waals surface area contributed by atoms with Gasteiger partial charge >= 0.3 is 11.9 Å². The highest BCUT2D eigenvalue weighted by molar-refractivity contribution is 5.91. The van der Waals surface area contributed by atoms with Crippen LogP contribution in [0.25, 0.3) is 0 Å². The summed E-state index contributed by atoms with van der Waals surface area (Å²) in [4.78, 5) is 21.9. The molecule has 0 radical (unpaired) electrons. The van der Waals surface area contributed by atoms with Gasteiger partial charge in [-0.15, -0.1) is 0 Å². The lowest BCUT2D eigenvalue weighted by molar-refractivity contribution is -0.150. The predicted octanol–water partition coefficient (Wildman–Crippen LogP) is 2.28. The lowest BCUT2D eigenvalue weighted by Crippen LogP contribution is -2.18. The van der Waals surface area contributed by atoms with Crippen molar-refractivity contribution in [3.8, 4) is 0 Å². The number of ether oxygens (including phenoxy) is 1. The number of hydrogen-bond donors (Lipinski definition) is 1. The molecule has 1 aliphatic rings. The van der Waals surface area contributed by atoms with Crippen molar-refractivity contribution in [2.24, 2.45) is 0 Å². The summed E-state index contributed by atoms with van der Waals surface area (Å²) in [7, 11) is 0. The Hall–Kier alpha value is -1.32. The molecule has 1 fully saturated rings. The van der Waals surface area contributed by atoms with Crippen LogP contribution in [0.4, 0.5) is 0 Å². The Morgan fingerprint density at radius 2 is 1.75 bits per heavy atom. The molecule has 0 aromatic carbocycles. The Morgan fingerprint density at radius 3 is 2.25 bits per heavy atom. The first-order valence-corrected chi connectivity index (χ1v) is 5.70. The van der Waals surface area contributed by atoms with Gasteiger partial charge in [0.1, 0.15) is 6.10 Å². The van der Waals surface area contributed by atoms with Crippen LogP contribution in [0.15, 0.2) is 12.2 Å². The molecular weight excluding hydrogens is 208 g/mol. The van der Waals surface area contributed by atoms with Crippen molar-refractivity contribution < 1.29 is 19.4 Å². The Bertz CT molecular complexity index is 275. The fourth-order valence-electron chi connectivity index (χ4n) is 1.84. The number of hydrogen-bond acceptors (Lipinski definition) is 3. The van der Waals surface area contributed by atoms with Crippen LogP contribution < -0.4 is 0 Å². The van der Waals surface area contributed by atoms with Crippen LogP contribution in [-0.4, -0.2) is 23.1 Å². The van der Waals surface area contributed by atoms with Crippen LogP contribution in [0.5, 0.6) is 0 Å². The zero-order chi connectivity index (χ0) is 12.0. The second-order valence-corrected chi connectivity index (χ2v) is 4.19. The van der Waals surface area contributed by atoms with Gasteiger partial charge in [-0.2, -0.15) is 0 Å². The van der Waals surface area contributed by atoms with Crippen molar-refractivity contribution >= 4 is 11.9 Å². The average molecular weight is 226 g/mol. The van der Waals surface area contributed by atoms with Crippen molar-refractivity contribution in [1.82, 2.24) is 0 Å². The number of carbonyl (C=O) groups excluding carboxylic acids is 1. The molecular formula is C12H18O4. The number of carbonyl (C=O) groups is 2. The first-order valence-electron chi connectivity index (χ1n) is 5.70. The van der Waals surface area contributed by atoms with E-state index >= 15 is 0 Å². The topological polar surface area (TPSA) is 63.6 Å². The Labute approximate surface area is 95.3 Å². The van der Waals surface area contributed by atoms with Crippen LogP contribution in [-0.2, 0) is 14.3 Å². The van der Waals surface area contributed by atoms with Gasteiger partial charge in [0.2, 0.25) is 0 Å². The smallest absolute Gasteiger partial charge is 0.331 e. The minimum absolute atomic E-state index is 0.0309. The lowest BCUT2D eigenvalue weighted by Gasteiger charge is -2.15. The fraction of sp³-hybridized carbons (Fsp3) is 0.667. The quantitative estimate of drug-likeness (QED) is 0.454. The Morgan fingerprint density at radius 1 is 1.19 bits per heavy atom. The van der Waals surface area contributed by atoms with E-state index in [1.165, 1.54) is 12.8 Å². The van der Waals surface area contributed by atoms with Gasteiger partial charge in [-0.3, -0.25) is 4.79 Å². The third-order valence-corrected chi connectivity index (χ3v) is 2.76. The molecule has 0 atom stereocenters. The van der Waals surface area contributed by atoms with Crippen molar-refractivity contribution in [2.75, 3.05) is 0 Å². The molecule has 0 amide bonds. The van der Waals surface area contributed by atoms with Gasteiger partial charge in [0.05, 0.1) is 6.42 Å². The van der Waals surface area contributed by atoms with Crippen LogP contribution in [0.2, 0.25) is 0 Å². The third kappa shape index (κ3) is 4.47. The predicted molar refractivity (Wildman–Crippen MR) is 59.0 cm³/mol. The van der Waals surface area contributed by atoms with Gasteiger partial charge in [0.15, 0.2) is 0 Å². The van der Waals surface area contributed by atoms with Gasteiger partial charge in [0.25, 0.3) is 0 Å². The zero-order valence-corrected chi connectivity index (χ0v) is 9.41. The molecule has 16 heavy (non-hydrogen) atoms. The molecule has 0 heterocycles. The number of carboxylic acids is 1. The van der Waals surface area contributed by atoms with Crippen molar-refractivity contribution in [3.05, 3.63) is 12.2 Å². The van der Waals surface area contributed by atoms with E-state index in [2.05, 4.69) is 6.58 Å². The summed E-state index contributed by atoms with van der Waals surface area (Å²) in [6, 6.07) is 0. The summed E-state index contributed by atoms with van der Waals surface area (Å²) >= 11 is 0. The summed E-state index contributed by atoms with van der Waals surface area (Å²) in [5, 5.41) is 8.57. The molecule has 1 aliphatic carbocycles. The Balaban J connectivity index is 2.32. The molecule has 1 N–H and O–H groups in total. The molecule has 0 bridgehead atoms. The van der Waals surface area contributed by atoms with Gasteiger partial charge in [-0.1, -0.05) is 19.4 Å². The molecule has 0 spiro atoms. The van der Waals surface area contributed by atoms with Gasteiger partial charge in [-0.05, 0) is 25.7 Å². The number of esters is 1. The minimum atomic E-state index is -1.14. The maximum Gasteiger partial charge on any atom is 0.331 e. The number of carboxylic acid groups (broad SMARTS) is 1. The number of rotatable bonds is 4. The summed E-state index contributed by atoms with van der Waals surface area (Å²) in [6.45, 7) is 3.31. The average Bonchev–Trinajstić information content (AvgIpc) is 2.45. The molecule has 4 nitrogen and oxygen atoms in total. The largest absolute Gasteiger partial charge is 0.478 e. The van der Waals surface area contributed by atoms with E-state index in [1.54, 1.807) is 0 Å². The summed E-state index contributed by atoms with van der Waals surface area (Å²) in [5.74, 6) is -1.61. The van der Waals surface area contributed by atoms with E-state index in [1.807, 2.05) is 0 Å². The highest BCUT2D eigenvalue weighted by Crippen LogP contribution is 2.20.